The Kier molecular flexibility index (Phi) is 6.46. The molecule has 2 rings (SSSR count). The molecule has 3 unspecified atom stereocenters. The van der Waals surface area contributed by atoms with Crippen LogP contribution in [0.2, 0.25) is 0 Å². The average Bonchev–Trinajstić information content (AvgIpc) is 2.94. The van der Waals surface area contributed by atoms with Crippen LogP contribution in [0.3, 0.4) is 0 Å². The predicted octanol–water partition coefficient (Wildman–Crippen LogP) is 3.32. The van der Waals surface area contributed by atoms with E-state index in [1.54, 1.807) is 0 Å². The zero-order valence-electron chi connectivity index (χ0n) is 13.5. The fourth-order valence-electron chi connectivity index (χ4n) is 3.28. The van der Waals surface area contributed by atoms with Crippen LogP contribution in [0.15, 0.2) is 12.3 Å². The van der Waals surface area contributed by atoms with Crippen LogP contribution in [0.4, 0.5) is 0 Å². The molecule has 0 saturated carbocycles. The third-order valence-electron chi connectivity index (χ3n) is 4.54. The van der Waals surface area contributed by atoms with E-state index >= 15 is 0 Å². The number of fused-ring (bicyclic) bond motifs is 1. The van der Waals surface area contributed by atoms with Gasteiger partial charge in [0, 0.05) is 35.7 Å². The molecule has 1 amide bonds. The lowest BCUT2D eigenvalue weighted by Crippen LogP contribution is -2.26. The van der Waals surface area contributed by atoms with Gasteiger partial charge in [-0.2, -0.15) is 11.8 Å². The van der Waals surface area contributed by atoms with Gasteiger partial charge in [0.1, 0.15) is 0 Å². The van der Waals surface area contributed by atoms with Crippen molar-refractivity contribution < 1.29 is 4.79 Å². The quantitative estimate of drug-likeness (QED) is 0.676. The maximum atomic E-state index is 11.7. The van der Waals surface area contributed by atoms with E-state index < -0.39 is 0 Å². The number of allylic oxidation sites excluding steroid dienone is 1. The second-order valence-corrected chi connectivity index (χ2v) is 8.14. The number of rotatable bonds is 8. The van der Waals surface area contributed by atoms with Gasteiger partial charge in [-0.3, -0.25) is 4.79 Å². The summed E-state index contributed by atoms with van der Waals surface area (Å²) in [5, 5.41) is 7.30. The van der Waals surface area contributed by atoms with Crippen molar-refractivity contribution in [3.8, 4) is 0 Å². The van der Waals surface area contributed by atoms with Crippen LogP contribution < -0.4 is 10.6 Å². The highest BCUT2D eigenvalue weighted by atomic mass is 32.2. The largest absolute Gasteiger partial charge is 0.385 e. The first kappa shape index (κ1) is 16.7. The fraction of sp³-hybridized carbons (Fsp3) is 0.824. The molecule has 120 valence electrons. The van der Waals surface area contributed by atoms with Gasteiger partial charge >= 0.3 is 0 Å². The molecule has 0 spiro atoms. The molecule has 0 bridgehead atoms. The molecule has 4 heteroatoms. The third kappa shape index (κ3) is 5.24. The van der Waals surface area contributed by atoms with Gasteiger partial charge in [-0.15, -0.1) is 0 Å². The summed E-state index contributed by atoms with van der Waals surface area (Å²) >= 11 is 2.11. The molecule has 3 atom stereocenters. The van der Waals surface area contributed by atoms with Gasteiger partial charge in [0.05, 0.1) is 0 Å². The van der Waals surface area contributed by atoms with Crippen molar-refractivity contribution in [2.24, 2.45) is 11.8 Å². The SMILES string of the molecule is C=C1CC2C(CSC2CCCCC(=O)NCCC(C)C)N1. The second kappa shape index (κ2) is 8.11. The van der Waals surface area contributed by atoms with Crippen molar-refractivity contribution in [3.63, 3.8) is 0 Å². The summed E-state index contributed by atoms with van der Waals surface area (Å²) in [5.74, 6) is 2.89. The van der Waals surface area contributed by atoms with Gasteiger partial charge < -0.3 is 10.6 Å². The van der Waals surface area contributed by atoms with Crippen LogP contribution in [0.1, 0.15) is 52.4 Å². The molecule has 0 aliphatic carbocycles. The first-order chi connectivity index (χ1) is 10.1. The van der Waals surface area contributed by atoms with Gasteiger partial charge in [-0.05, 0) is 37.5 Å². The second-order valence-electron chi connectivity index (χ2n) is 6.87. The van der Waals surface area contributed by atoms with Gasteiger partial charge in [0.25, 0.3) is 0 Å². The molecule has 2 heterocycles. The van der Waals surface area contributed by atoms with E-state index in [0.29, 0.717) is 18.4 Å². The van der Waals surface area contributed by atoms with E-state index in [2.05, 4.69) is 42.8 Å². The molecule has 2 N–H and O–H groups in total. The maximum Gasteiger partial charge on any atom is 0.219 e. The monoisotopic (exact) mass is 310 g/mol. The molecular formula is C17H30N2OS. The molecule has 3 nitrogen and oxygen atoms in total. The van der Waals surface area contributed by atoms with Crippen LogP contribution >= 0.6 is 11.8 Å². The number of nitrogens with one attached hydrogen (secondary N) is 2. The minimum Gasteiger partial charge on any atom is -0.385 e. The lowest BCUT2D eigenvalue weighted by Gasteiger charge is -2.16. The summed E-state index contributed by atoms with van der Waals surface area (Å²) in [7, 11) is 0. The Labute approximate surface area is 133 Å². The van der Waals surface area contributed by atoms with Crippen molar-refractivity contribution in [1.29, 1.82) is 0 Å². The molecule has 2 saturated heterocycles. The van der Waals surface area contributed by atoms with Gasteiger partial charge in [0.15, 0.2) is 0 Å². The van der Waals surface area contributed by atoms with Gasteiger partial charge in [0.2, 0.25) is 5.91 Å². The van der Waals surface area contributed by atoms with E-state index in [1.807, 2.05) is 0 Å². The highest BCUT2D eigenvalue weighted by Gasteiger charge is 2.40. The van der Waals surface area contributed by atoms with Crippen molar-refractivity contribution in [1.82, 2.24) is 10.6 Å². The molecule has 2 aliphatic heterocycles. The molecule has 0 aromatic carbocycles. The molecule has 21 heavy (non-hydrogen) atoms. The molecule has 2 aliphatic rings. The zero-order valence-corrected chi connectivity index (χ0v) is 14.3. The highest BCUT2D eigenvalue weighted by Crippen LogP contribution is 2.42. The summed E-state index contributed by atoms with van der Waals surface area (Å²) in [6.45, 7) is 9.26. The summed E-state index contributed by atoms with van der Waals surface area (Å²) in [5.41, 5.74) is 1.22. The third-order valence-corrected chi connectivity index (χ3v) is 6.11. The molecule has 0 aromatic heterocycles. The summed E-state index contributed by atoms with van der Waals surface area (Å²) in [6.07, 6.45) is 6.36. The lowest BCUT2D eigenvalue weighted by molar-refractivity contribution is -0.121. The van der Waals surface area contributed by atoms with E-state index in [9.17, 15) is 4.79 Å². The number of hydrogen-bond donors (Lipinski definition) is 2. The van der Waals surface area contributed by atoms with Crippen molar-refractivity contribution in [2.45, 2.75) is 63.7 Å². The Morgan fingerprint density at radius 2 is 2.29 bits per heavy atom. The van der Waals surface area contributed by atoms with Gasteiger partial charge in [-0.1, -0.05) is 26.8 Å². The Hall–Kier alpha value is -0.640. The molecular weight excluding hydrogens is 280 g/mol. The topological polar surface area (TPSA) is 41.1 Å². The Morgan fingerprint density at radius 3 is 3.05 bits per heavy atom. The molecule has 0 radical (unpaired) electrons. The first-order valence-corrected chi connectivity index (χ1v) is 9.43. The minimum atomic E-state index is 0.225. The summed E-state index contributed by atoms with van der Waals surface area (Å²) in [6, 6.07) is 0.659. The highest BCUT2D eigenvalue weighted by molar-refractivity contribution is 8.00. The smallest absolute Gasteiger partial charge is 0.219 e. The van der Waals surface area contributed by atoms with Crippen LogP contribution in [0.25, 0.3) is 0 Å². The maximum absolute atomic E-state index is 11.7. The fourth-order valence-corrected chi connectivity index (χ4v) is 4.93. The number of hydrogen-bond acceptors (Lipinski definition) is 3. The zero-order chi connectivity index (χ0) is 15.2. The molecule has 2 fully saturated rings. The van der Waals surface area contributed by atoms with E-state index in [1.165, 1.54) is 24.3 Å². The average molecular weight is 311 g/mol. The lowest BCUT2D eigenvalue weighted by atomic mass is 9.94. The van der Waals surface area contributed by atoms with E-state index in [-0.39, 0.29) is 5.91 Å². The number of carbonyl (C=O) groups is 1. The van der Waals surface area contributed by atoms with Crippen LogP contribution in [-0.2, 0) is 4.79 Å². The first-order valence-electron chi connectivity index (χ1n) is 8.39. The van der Waals surface area contributed by atoms with Crippen LogP contribution in [0, 0.1) is 11.8 Å². The summed E-state index contributed by atoms with van der Waals surface area (Å²) in [4.78, 5) is 11.7. The van der Waals surface area contributed by atoms with Crippen LogP contribution in [-0.4, -0.2) is 29.5 Å². The summed E-state index contributed by atoms with van der Waals surface area (Å²) < 4.78 is 0. The van der Waals surface area contributed by atoms with Crippen molar-refractivity contribution >= 4 is 17.7 Å². The normalized spacial score (nSPS) is 27.8. The van der Waals surface area contributed by atoms with E-state index in [4.69, 9.17) is 0 Å². The van der Waals surface area contributed by atoms with Crippen LogP contribution in [0.5, 0.6) is 0 Å². The molecule has 0 aromatic rings. The Bertz CT molecular complexity index is 370. The van der Waals surface area contributed by atoms with E-state index in [0.717, 1.165) is 37.0 Å². The van der Waals surface area contributed by atoms with Gasteiger partial charge in [-0.25, -0.2) is 0 Å². The number of amides is 1. The van der Waals surface area contributed by atoms with Crippen molar-refractivity contribution in [3.05, 3.63) is 12.3 Å². The standard InChI is InChI=1S/C17H30N2OS/c1-12(2)8-9-18-17(20)7-5-4-6-16-14-10-13(3)19-15(14)11-21-16/h12,14-16,19H,3-11H2,1-2H3,(H,18,20). The minimum absolute atomic E-state index is 0.225. The number of unbranched alkanes of at least 4 members (excludes halogenated alkanes) is 1. The Morgan fingerprint density at radius 1 is 1.48 bits per heavy atom. The number of thioether (sulfide) groups is 1. The van der Waals surface area contributed by atoms with Crippen molar-refractivity contribution in [2.75, 3.05) is 12.3 Å². The Balaban J connectivity index is 1.54. The number of carbonyl (C=O) groups excluding carboxylic acids is 1. The predicted molar refractivity (Wildman–Crippen MR) is 91.3 cm³/mol.